The number of amides is 1. The van der Waals surface area contributed by atoms with Crippen molar-refractivity contribution in [3.05, 3.63) is 35.4 Å². The van der Waals surface area contributed by atoms with Crippen LogP contribution in [0.25, 0.3) is 0 Å². The minimum Gasteiger partial charge on any atom is -0.355 e. The lowest BCUT2D eigenvalue weighted by Gasteiger charge is -2.23. The van der Waals surface area contributed by atoms with Gasteiger partial charge >= 0.3 is 0 Å². The third-order valence-electron chi connectivity index (χ3n) is 3.95. The largest absolute Gasteiger partial charge is 0.355 e. The van der Waals surface area contributed by atoms with E-state index in [1.807, 2.05) is 55.0 Å². The minimum absolute atomic E-state index is 0. The van der Waals surface area contributed by atoms with Crippen LogP contribution in [0.15, 0.2) is 29.3 Å². The van der Waals surface area contributed by atoms with Crippen LogP contribution in [0.1, 0.15) is 29.8 Å². The molecule has 1 rings (SSSR count). The number of rotatable bonds is 9. The van der Waals surface area contributed by atoms with Crippen LogP contribution < -0.4 is 16.0 Å². The van der Waals surface area contributed by atoms with Crippen molar-refractivity contribution in [1.29, 1.82) is 0 Å². The van der Waals surface area contributed by atoms with E-state index in [9.17, 15) is 4.79 Å². The molecule has 0 fully saturated rings. The van der Waals surface area contributed by atoms with Crippen molar-refractivity contribution >= 4 is 47.6 Å². The molecule has 1 aromatic carbocycles. The maximum Gasteiger partial charge on any atom is 0.251 e. The smallest absolute Gasteiger partial charge is 0.251 e. The van der Waals surface area contributed by atoms with Gasteiger partial charge in [-0.3, -0.25) is 9.79 Å². The molecule has 154 valence electrons. The Morgan fingerprint density at radius 1 is 1.22 bits per heavy atom. The van der Waals surface area contributed by atoms with E-state index in [4.69, 9.17) is 0 Å². The van der Waals surface area contributed by atoms with Gasteiger partial charge in [0, 0.05) is 43.5 Å². The summed E-state index contributed by atoms with van der Waals surface area (Å²) in [5.41, 5.74) is 1.71. The minimum atomic E-state index is -0.0436. The Bertz CT molecular complexity index is 608. The summed E-state index contributed by atoms with van der Waals surface area (Å²) >= 11 is 1.81. The maximum atomic E-state index is 12.2. The average molecular weight is 507 g/mol. The molecule has 0 aliphatic rings. The third-order valence-corrected chi connectivity index (χ3v) is 5.20. The number of carbonyl (C=O) groups excluding carboxylic acids is 1. The van der Waals surface area contributed by atoms with Crippen molar-refractivity contribution in [2.45, 2.75) is 25.1 Å². The van der Waals surface area contributed by atoms with Crippen LogP contribution in [-0.4, -0.2) is 68.5 Å². The van der Waals surface area contributed by atoms with Gasteiger partial charge in [-0.2, -0.15) is 11.8 Å². The van der Waals surface area contributed by atoms with E-state index in [1.165, 1.54) is 0 Å². The van der Waals surface area contributed by atoms with Gasteiger partial charge < -0.3 is 20.9 Å². The molecule has 6 nitrogen and oxygen atoms in total. The van der Waals surface area contributed by atoms with E-state index >= 15 is 0 Å². The summed E-state index contributed by atoms with van der Waals surface area (Å²) in [4.78, 5) is 18.5. The number of benzene rings is 1. The molecule has 0 atom stereocenters. The highest BCUT2D eigenvalue weighted by Gasteiger charge is 2.16. The van der Waals surface area contributed by atoms with E-state index in [0.29, 0.717) is 18.7 Å². The fourth-order valence-electron chi connectivity index (χ4n) is 2.09. The SMILES string of the molecule is CN=C(NCc1cccc(C(=O)NCCN(C)C)c1)NCC(C)(C)SC.I. The van der Waals surface area contributed by atoms with Gasteiger partial charge in [0.25, 0.3) is 5.91 Å². The van der Waals surface area contributed by atoms with Crippen LogP contribution in [0.3, 0.4) is 0 Å². The van der Waals surface area contributed by atoms with Crippen molar-refractivity contribution < 1.29 is 4.79 Å². The van der Waals surface area contributed by atoms with Gasteiger partial charge in [0.2, 0.25) is 0 Å². The molecule has 0 bridgehead atoms. The molecular weight excluding hydrogens is 473 g/mol. The van der Waals surface area contributed by atoms with Crippen LogP contribution in [0.2, 0.25) is 0 Å². The first-order valence-corrected chi connectivity index (χ1v) is 10.0. The van der Waals surface area contributed by atoms with Crippen molar-refractivity contribution in [3.8, 4) is 0 Å². The molecule has 27 heavy (non-hydrogen) atoms. The lowest BCUT2D eigenvalue weighted by molar-refractivity contribution is 0.0951. The highest BCUT2D eigenvalue weighted by atomic mass is 127. The molecular formula is C19H34IN5OS. The zero-order valence-electron chi connectivity index (χ0n) is 17.3. The fourth-order valence-corrected chi connectivity index (χ4v) is 2.31. The Morgan fingerprint density at radius 2 is 1.93 bits per heavy atom. The van der Waals surface area contributed by atoms with Gasteiger partial charge in [-0.15, -0.1) is 24.0 Å². The van der Waals surface area contributed by atoms with Crippen molar-refractivity contribution in [1.82, 2.24) is 20.9 Å². The van der Waals surface area contributed by atoms with E-state index < -0.39 is 0 Å². The number of hydrogen-bond acceptors (Lipinski definition) is 4. The molecule has 0 aromatic heterocycles. The van der Waals surface area contributed by atoms with Gasteiger partial charge in [0.1, 0.15) is 0 Å². The van der Waals surface area contributed by atoms with Gasteiger partial charge in [0.05, 0.1) is 0 Å². The molecule has 0 aliphatic heterocycles. The zero-order chi connectivity index (χ0) is 19.6. The summed E-state index contributed by atoms with van der Waals surface area (Å²) in [7, 11) is 5.73. The summed E-state index contributed by atoms with van der Waals surface area (Å²) in [6.07, 6.45) is 2.10. The first kappa shape index (κ1) is 26.0. The van der Waals surface area contributed by atoms with Crippen LogP contribution >= 0.6 is 35.7 Å². The highest BCUT2D eigenvalue weighted by Crippen LogP contribution is 2.19. The van der Waals surface area contributed by atoms with E-state index in [0.717, 1.165) is 24.6 Å². The van der Waals surface area contributed by atoms with Gasteiger partial charge in [-0.25, -0.2) is 0 Å². The Labute approximate surface area is 185 Å². The Hall–Kier alpha value is -1.00. The fraction of sp³-hybridized carbons (Fsp3) is 0.579. The Balaban J connectivity index is 0.00000676. The number of thioether (sulfide) groups is 1. The number of halogens is 1. The zero-order valence-corrected chi connectivity index (χ0v) is 20.4. The predicted molar refractivity (Wildman–Crippen MR) is 129 cm³/mol. The van der Waals surface area contributed by atoms with Crippen LogP contribution in [0.4, 0.5) is 0 Å². The number of nitrogens with zero attached hydrogens (tertiary/aromatic N) is 2. The number of aliphatic imine (C=N–C) groups is 1. The summed E-state index contributed by atoms with van der Waals surface area (Å²) in [5.74, 6) is 0.714. The van der Waals surface area contributed by atoms with Crippen LogP contribution in [0, 0.1) is 0 Å². The second-order valence-electron chi connectivity index (χ2n) is 7.00. The molecule has 1 aromatic rings. The average Bonchev–Trinajstić information content (AvgIpc) is 2.61. The van der Waals surface area contributed by atoms with E-state index in [2.05, 4.69) is 41.0 Å². The molecule has 0 aliphatic carbocycles. The third kappa shape index (κ3) is 10.8. The van der Waals surface area contributed by atoms with Gasteiger partial charge in [-0.1, -0.05) is 12.1 Å². The quantitative estimate of drug-likeness (QED) is 0.272. The monoisotopic (exact) mass is 507 g/mol. The molecule has 0 saturated carbocycles. The van der Waals surface area contributed by atoms with E-state index in [1.54, 1.807) is 7.05 Å². The molecule has 8 heteroatoms. The second kappa shape index (κ2) is 13.2. The molecule has 3 N–H and O–H groups in total. The maximum absolute atomic E-state index is 12.2. The van der Waals surface area contributed by atoms with Crippen LogP contribution in [-0.2, 0) is 6.54 Å². The lowest BCUT2D eigenvalue weighted by Crippen LogP contribution is -2.43. The molecule has 0 spiro atoms. The summed E-state index contributed by atoms with van der Waals surface area (Å²) < 4.78 is 0.141. The van der Waals surface area contributed by atoms with E-state index in [-0.39, 0.29) is 34.6 Å². The molecule has 0 radical (unpaired) electrons. The molecule has 1 amide bonds. The molecule has 0 unspecified atom stereocenters. The van der Waals surface area contributed by atoms with Crippen molar-refractivity contribution in [2.24, 2.45) is 4.99 Å². The number of hydrogen-bond donors (Lipinski definition) is 3. The lowest BCUT2D eigenvalue weighted by atomic mass is 10.1. The first-order valence-electron chi connectivity index (χ1n) is 8.79. The topological polar surface area (TPSA) is 68.8 Å². The van der Waals surface area contributed by atoms with Gasteiger partial charge in [0.15, 0.2) is 5.96 Å². The summed E-state index contributed by atoms with van der Waals surface area (Å²) in [6, 6.07) is 7.66. The summed E-state index contributed by atoms with van der Waals surface area (Å²) in [5, 5.41) is 9.58. The Kier molecular flexibility index (Phi) is 12.7. The second-order valence-corrected chi connectivity index (χ2v) is 8.52. The number of likely N-dealkylation sites (N-methyl/N-ethyl adjacent to an activating group) is 1. The van der Waals surface area contributed by atoms with Crippen molar-refractivity contribution in [2.75, 3.05) is 47.0 Å². The summed E-state index contributed by atoms with van der Waals surface area (Å²) in [6.45, 7) is 7.27. The van der Waals surface area contributed by atoms with Gasteiger partial charge in [-0.05, 0) is 51.9 Å². The molecule has 0 heterocycles. The molecule has 0 saturated heterocycles. The normalized spacial score (nSPS) is 11.7. The number of nitrogens with one attached hydrogen (secondary N) is 3. The predicted octanol–water partition coefficient (Wildman–Crippen LogP) is 2.40. The first-order chi connectivity index (χ1) is 12.3. The highest BCUT2D eigenvalue weighted by molar-refractivity contribution is 14.0. The number of carbonyl (C=O) groups is 1. The number of guanidine groups is 1. The Morgan fingerprint density at radius 3 is 2.52 bits per heavy atom. The van der Waals surface area contributed by atoms with Crippen molar-refractivity contribution in [3.63, 3.8) is 0 Å². The van der Waals surface area contributed by atoms with Crippen LogP contribution in [0.5, 0.6) is 0 Å². The standard InChI is InChI=1S/C19H33N5OS.HI/c1-19(2,26-6)14-23-18(20-3)22-13-15-8-7-9-16(12-15)17(25)21-10-11-24(4)5;/h7-9,12H,10-11,13-14H2,1-6H3,(H,21,25)(H2,20,22,23);1H.